The molecule has 3 aliphatic heterocycles. The maximum atomic E-state index is 14.2. The van der Waals surface area contributed by atoms with E-state index in [1.54, 1.807) is 21.9 Å². The van der Waals surface area contributed by atoms with Crippen LogP contribution in [0.15, 0.2) is 53.6 Å². The molecule has 2 amide bonds. The number of pyridine rings is 1. The van der Waals surface area contributed by atoms with Crippen LogP contribution in [0.4, 0.5) is 4.79 Å². The molecule has 3 saturated heterocycles. The van der Waals surface area contributed by atoms with E-state index in [-0.39, 0.29) is 24.1 Å². The van der Waals surface area contributed by atoms with Gasteiger partial charge in [0, 0.05) is 81.6 Å². The van der Waals surface area contributed by atoms with Gasteiger partial charge in [-0.3, -0.25) is 24.3 Å². The number of benzene rings is 2. The van der Waals surface area contributed by atoms with Gasteiger partial charge < -0.3 is 24.4 Å². The van der Waals surface area contributed by atoms with Crippen molar-refractivity contribution in [2.75, 3.05) is 59.4 Å². The second-order valence-electron chi connectivity index (χ2n) is 14.3. The standard InChI is InChI=1S/C37H45N9O4/c1-24-19-25(20-26-22-39-41-33(24)26)21-32(35(47)44-11-7-27(8-12-44)43-17-15-42(2)16-18-43)50-37(49)45-13-9-28(10-14-45)46-31-23-38-30-6-4-3-5-29(30)34(31)40-36(46)48/h3-6,19-20,22-23,27-28,32H,7-18,21H2,1-2H3,(H,39,41)(H,40,48)/t32-/m1/s1. The number of H-pyrrole nitrogens is 2. The number of amides is 2. The van der Waals surface area contributed by atoms with Gasteiger partial charge in [-0.25, -0.2) is 9.59 Å². The number of hydrogen-bond donors (Lipinski definition) is 2. The van der Waals surface area contributed by atoms with Gasteiger partial charge in [0.15, 0.2) is 6.10 Å². The van der Waals surface area contributed by atoms with Crippen LogP contribution in [0, 0.1) is 6.92 Å². The molecule has 262 valence electrons. The second kappa shape index (κ2) is 13.5. The number of piperazine rings is 1. The number of para-hydroxylation sites is 1. The molecule has 5 aromatic rings. The van der Waals surface area contributed by atoms with E-state index < -0.39 is 12.2 Å². The van der Waals surface area contributed by atoms with Crippen molar-refractivity contribution in [3.8, 4) is 0 Å². The number of aromatic nitrogens is 5. The number of imidazole rings is 1. The summed E-state index contributed by atoms with van der Waals surface area (Å²) >= 11 is 0. The third kappa shape index (κ3) is 6.24. The monoisotopic (exact) mass is 679 g/mol. The van der Waals surface area contributed by atoms with E-state index in [0.29, 0.717) is 45.1 Å². The molecule has 3 aromatic heterocycles. The zero-order valence-electron chi connectivity index (χ0n) is 28.8. The van der Waals surface area contributed by atoms with Crippen molar-refractivity contribution in [1.29, 1.82) is 0 Å². The lowest BCUT2D eigenvalue weighted by Crippen LogP contribution is -2.54. The first-order chi connectivity index (χ1) is 24.3. The van der Waals surface area contributed by atoms with Crippen LogP contribution in [0.2, 0.25) is 0 Å². The number of aromatic amines is 2. The van der Waals surface area contributed by atoms with Crippen LogP contribution in [0.1, 0.15) is 42.9 Å². The van der Waals surface area contributed by atoms with Crippen molar-refractivity contribution in [3.63, 3.8) is 0 Å². The fraction of sp³-hybridized carbons (Fsp3) is 0.486. The Morgan fingerprint density at radius 1 is 0.900 bits per heavy atom. The van der Waals surface area contributed by atoms with Crippen LogP contribution >= 0.6 is 0 Å². The van der Waals surface area contributed by atoms with Crippen LogP contribution in [-0.2, 0) is 16.0 Å². The van der Waals surface area contributed by atoms with Gasteiger partial charge in [-0.1, -0.05) is 24.3 Å². The van der Waals surface area contributed by atoms with Crippen molar-refractivity contribution in [2.24, 2.45) is 0 Å². The Morgan fingerprint density at radius 2 is 1.62 bits per heavy atom. The van der Waals surface area contributed by atoms with E-state index in [4.69, 9.17) is 4.74 Å². The zero-order valence-corrected chi connectivity index (χ0v) is 28.8. The number of carbonyl (C=O) groups excluding carboxylic acids is 2. The predicted molar refractivity (Wildman–Crippen MR) is 191 cm³/mol. The van der Waals surface area contributed by atoms with E-state index in [0.717, 1.165) is 83.0 Å². The summed E-state index contributed by atoms with van der Waals surface area (Å²) in [6.45, 7) is 8.41. The Labute approximate surface area is 290 Å². The molecule has 8 rings (SSSR count). The van der Waals surface area contributed by atoms with E-state index >= 15 is 0 Å². The van der Waals surface area contributed by atoms with Crippen LogP contribution < -0.4 is 5.69 Å². The summed E-state index contributed by atoms with van der Waals surface area (Å²) in [5.41, 5.74) is 5.11. The van der Waals surface area contributed by atoms with Gasteiger partial charge in [-0.15, -0.1) is 0 Å². The van der Waals surface area contributed by atoms with E-state index in [1.807, 2.05) is 48.2 Å². The summed E-state index contributed by atoms with van der Waals surface area (Å²) in [7, 11) is 2.17. The van der Waals surface area contributed by atoms with Crippen LogP contribution in [-0.4, -0.2) is 128 Å². The first-order valence-electron chi connectivity index (χ1n) is 17.9. The number of hydrogen-bond acceptors (Lipinski definition) is 8. The average molecular weight is 680 g/mol. The minimum Gasteiger partial charge on any atom is -0.436 e. The molecular weight excluding hydrogens is 634 g/mol. The molecule has 0 radical (unpaired) electrons. The third-order valence-corrected chi connectivity index (χ3v) is 11.1. The van der Waals surface area contributed by atoms with E-state index in [1.165, 1.54) is 0 Å². The smallest absolute Gasteiger partial charge is 0.410 e. The number of rotatable bonds is 6. The average Bonchev–Trinajstić information content (AvgIpc) is 3.76. The fourth-order valence-corrected chi connectivity index (χ4v) is 8.25. The summed E-state index contributed by atoms with van der Waals surface area (Å²) in [6.07, 6.45) is 5.39. The van der Waals surface area contributed by atoms with E-state index in [2.05, 4.69) is 37.0 Å². The third-order valence-electron chi connectivity index (χ3n) is 11.1. The van der Waals surface area contributed by atoms with Crippen LogP contribution in [0.3, 0.4) is 0 Å². The Morgan fingerprint density at radius 3 is 2.40 bits per heavy atom. The molecule has 1 atom stereocenters. The minimum absolute atomic E-state index is 0.0908. The highest BCUT2D eigenvalue weighted by molar-refractivity contribution is 6.01. The topological polar surface area (TPSA) is 136 Å². The lowest BCUT2D eigenvalue weighted by atomic mass is 9.99. The number of carbonyl (C=O) groups is 2. The maximum Gasteiger partial charge on any atom is 0.410 e. The summed E-state index contributed by atoms with van der Waals surface area (Å²) < 4.78 is 7.92. The highest BCUT2D eigenvalue weighted by atomic mass is 16.6. The van der Waals surface area contributed by atoms with Crippen molar-refractivity contribution >= 4 is 44.8 Å². The fourth-order valence-electron chi connectivity index (χ4n) is 8.25. The number of fused-ring (bicyclic) bond motifs is 4. The van der Waals surface area contributed by atoms with Gasteiger partial charge in [-0.05, 0) is 62.9 Å². The predicted octanol–water partition coefficient (Wildman–Crippen LogP) is 3.69. The molecule has 0 aliphatic carbocycles. The number of nitrogens with one attached hydrogen (secondary N) is 2. The van der Waals surface area contributed by atoms with Crippen molar-refractivity contribution < 1.29 is 14.3 Å². The number of aryl methyl sites for hydroxylation is 1. The number of nitrogens with zero attached hydrogens (tertiary/aromatic N) is 7. The first kappa shape index (κ1) is 32.5. The van der Waals surface area contributed by atoms with Gasteiger partial charge in [0.25, 0.3) is 5.91 Å². The van der Waals surface area contributed by atoms with Gasteiger partial charge in [-0.2, -0.15) is 5.10 Å². The zero-order chi connectivity index (χ0) is 34.4. The van der Waals surface area contributed by atoms with Gasteiger partial charge >= 0.3 is 11.8 Å². The number of ether oxygens (including phenoxy) is 1. The lowest BCUT2D eigenvalue weighted by Gasteiger charge is -2.42. The van der Waals surface area contributed by atoms with Crippen LogP contribution in [0.25, 0.3) is 32.8 Å². The molecule has 0 bridgehead atoms. The molecule has 13 nitrogen and oxygen atoms in total. The quantitative estimate of drug-likeness (QED) is 0.278. The molecule has 50 heavy (non-hydrogen) atoms. The molecule has 13 heteroatoms. The number of likely N-dealkylation sites (N-methyl/N-ethyl adjacent to an activating group) is 1. The highest BCUT2D eigenvalue weighted by Gasteiger charge is 2.35. The summed E-state index contributed by atoms with van der Waals surface area (Å²) in [6, 6.07) is 12.2. The van der Waals surface area contributed by atoms with E-state index in [9.17, 15) is 14.4 Å². The number of piperidine rings is 2. The van der Waals surface area contributed by atoms with Gasteiger partial charge in [0.1, 0.15) is 0 Å². The minimum atomic E-state index is -0.945. The van der Waals surface area contributed by atoms with Crippen molar-refractivity contribution in [1.82, 2.24) is 44.3 Å². The normalized spacial score (nSPS) is 19.5. The SMILES string of the molecule is Cc1cc(C[C@@H](OC(=O)N2CCC(n3c(=O)[nH]c4c5ccccc5ncc43)CC2)C(=O)N2CCC(N3CCN(C)CC3)CC2)cc2cn[nH]c12. The van der Waals surface area contributed by atoms with Crippen molar-refractivity contribution in [2.45, 2.75) is 57.2 Å². The Bertz CT molecular complexity index is 2080. The molecule has 6 heterocycles. The molecular formula is C37H45N9O4. The van der Waals surface area contributed by atoms with Gasteiger partial charge in [0.05, 0.1) is 34.5 Å². The molecule has 2 aromatic carbocycles. The summed E-state index contributed by atoms with van der Waals surface area (Å²) in [4.78, 5) is 57.2. The molecule has 3 fully saturated rings. The molecule has 0 saturated carbocycles. The summed E-state index contributed by atoms with van der Waals surface area (Å²) in [5, 5.41) is 9.09. The van der Waals surface area contributed by atoms with Crippen molar-refractivity contribution in [3.05, 3.63) is 70.4 Å². The van der Waals surface area contributed by atoms with Crippen LogP contribution in [0.5, 0.6) is 0 Å². The second-order valence-corrected chi connectivity index (χ2v) is 14.3. The highest BCUT2D eigenvalue weighted by Crippen LogP contribution is 2.29. The van der Waals surface area contributed by atoms with Gasteiger partial charge in [0.2, 0.25) is 0 Å². The molecule has 3 aliphatic rings. The Hall–Kier alpha value is -4.75. The Balaban J connectivity index is 0.961. The molecule has 0 unspecified atom stereocenters. The largest absolute Gasteiger partial charge is 0.436 e. The molecule has 2 N–H and O–H groups in total. The first-order valence-corrected chi connectivity index (χ1v) is 17.9. The number of likely N-dealkylation sites (tertiary alicyclic amines) is 2. The lowest BCUT2D eigenvalue weighted by molar-refractivity contribution is -0.142. The summed E-state index contributed by atoms with van der Waals surface area (Å²) in [5.74, 6) is -0.139. The Kier molecular flexibility index (Phi) is 8.77. The maximum absolute atomic E-state index is 14.2. The molecule has 0 spiro atoms.